The lowest BCUT2D eigenvalue weighted by atomic mass is 10.3. The first kappa shape index (κ1) is 14.4. The third kappa shape index (κ3) is 4.60. The van der Waals surface area contributed by atoms with Gasteiger partial charge in [0.1, 0.15) is 0 Å². The number of likely N-dealkylation sites (N-methyl/N-ethyl adjacent to an activating group) is 2. The van der Waals surface area contributed by atoms with Crippen LogP contribution in [0.2, 0.25) is 0 Å². The van der Waals surface area contributed by atoms with Gasteiger partial charge in [-0.05, 0) is 21.0 Å². The maximum Gasteiger partial charge on any atom is 0.227 e. The summed E-state index contributed by atoms with van der Waals surface area (Å²) in [5.74, 6) is -0.446. The molecule has 0 heterocycles. The highest BCUT2D eigenvalue weighted by molar-refractivity contribution is 7.89. The van der Waals surface area contributed by atoms with Gasteiger partial charge in [-0.2, -0.15) is 9.57 Å². The Morgan fingerprint density at radius 1 is 1.40 bits per heavy atom. The van der Waals surface area contributed by atoms with Crippen molar-refractivity contribution in [2.75, 3.05) is 32.9 Å². The second-order valence-corrected chi connectivity index (χ2v) is 5.65. The van der Waals surface area contributed by atoms with Gasteiger partial charge in [0.05, 0.1) is 6.07 Å². The van der Waals surface area contributed by atoms with Gasteiger partial charge in [0.25, 0.3) is 0 Å². The molecule has 0 aromatic carbocycles. The van der Waals surface area contributed by atoms with Gasteiger partial charge in [0.2, 0.25) is 10.0 Å². The molecule has 0 N–H and O–H groups in total. The standard InChI is InChI=1S/C9H19N3O2S/c1-5-12(9(2)8-11(3)4)15(13,14)7-6-10/h9H,5,7-8H2,1-4H3. The lowest BCUT2D eigenvalue weighted by molar-refractivity contribution is 0.272. The van der Waals surface area contributed by atoms with Gasteiger partial charge in [-0.25, -0.2) is 8.42 Å². The molecule has 15 heavy (non-hydrogen) atoms. The van der Waals surface area contributed by atoms with Crippen LogP contribution in [0.5, 0.6) is 0 Å². The van der Waals surface area contributed by atoms with E-state index in [0.29, 0.717) is 13.1 Å². The van der Waals surface area contributed by atoms with E-state index in [2.05, 4.69) is 0 Å². The van der Waals surface area contributed by atoms with Crippen molar-refractivity contribution in [1.82, 2.24) is 9.21 Å². The number of hydrogen-bond donors (Lipinski definition) is 0. The molecule has 88 valence electrons. The quantitative estimate of drug-likeness (QED) is 0.653. The minimum absolute atomic E-state index is 0.108. The maximum atomic E-state index is 11.7. The van der Waals surface area contributed by atoms with Crippen molar-refractivity contribution in [2.45, 2.75) is 19.9 Å². The van der Waals surface area contributed by atoms with E-state index in [1.54, 1.807) is 13.0 Å². The number of rotatable bonds is 6. The van der Waals surface area contributed by atoms with E-state index >= 15 is 0 Å². The van der Waals surface area contributed by atoms with Crippen LogP contribution in [0.15, 0.2) is 0 Å². The Labute approximate surface area is 92.3 Å². The van der Waals surface area contributed by atoms with E-state index < -0.39 is 15.8 Å². The summed E-state index contributed by atoms with van der Waals surface area (Å²) in [5, 5.41) is 8.44. The average Bonchev–Trinajstić information content (AvgIpc) is 2.02. The first-order chi connectivity index (χ1) is 6.85. The minimum Gasteiger partial charge on any atom is -0.308 e. The van der Waals surface area contributed by atoms with Crippen LogP contribution in [-0.4, -0.2) is 56.6 Å². The minimum atomic E-state index is -3.42. The second-order valence-electron chi connectivity index (χ2n) is 3.73. The van der Waals surface area contributed by atoms with E-state index in [1.165, 1.54) is 4.31 Å². The Kier molecular flexibility index (Phi) is 5.80. The Balaban J connectivity index is 4.70. The Bertz CT molecular complexity index is 319. The fourth-order valence-corrected chi connectivity index (χ4v) is 2.90. The maximum absolute atomic E-state index is 11.7. The zero-order chi connectivity index (χ0) is 12.1. The van der Waals surface area contributed by atoms with Crippen LogP contribution in [-0.2, 0) is 10.0 Å². The van der Waals surface area contributed by atoms with Crippen LogP contribution in [0.1, 0.15) is 13.8 Å². The lowest BCUT2D eigenvalue weighted by Crippen LogP contribution is -2.44. The first-order valence-electron chi connectivity index (χ1n) is 4.86. The Morgan fingerprint density at radius 2 is 1.93 bits per heavy atom. The number of nitrogens with zero attached hydrogens (tertiary/aromatic N) is 3. The summed E-state index contributed by atoms with van der Waals surface area (Å²) in [5.41, 5.74) is 0. The summed E-state index contributed by atoms with van der Waals surface area (Å²) < 4.78 is 24.7. The highest BCUT2D eigenvalue weighted by Crippen LogP contribution is 2.07. The smallest absolute Gasteiger partial charge is 0.227 e. The van der Waals surface area contributed by atoms with E-state index in [0.717, 1.165) is 0 Å². The van der Waals surface area contributed by atoms with Crippen molar-refractivity contribution in [3.63, 3.8) is 0 Å². The van der Waals surface area contributed by atoms with Crippen LogP contribution < -0.4 is 0 Å². The molecular formula is C9H19N3O2S. The molecule has 5 nitrogen and oxygen atoms in total. The van der Waals surface area contributed by atoms with Crippen LogP contribution in [0.25, 0.3) is 0 Å². The van der Waals surface area contributed by atoms with Gasteiger partial charge in [-0.1, -0.05) is 6.92 Å². The molecule has 6 heteroatoms. The molecule has 0 aromatic rings. The Hall–Kier alpha value is -0.640. The van der Waals surface area contributed by atoms with Crippen molar-refractivity contribution >= 4 is 10.0 Å². The number of nitriles is 1. The van der Waals surface area contributed by atoms with Crippen LogP contribution in [0.4, 0.5) is 0 Å². The molecule has 0 aromatic heterocycles. The molecule has 0 radical (unpaired) electrons. The lowest BCUT2D eigenvalue weighted by Gasteiger charge is -2.28. The average molecular weight is 233 g/mol. The molecule has 0 saturated carbocycles. The zero-order valence-electron chi connectivity index (χ0n) is 9.77. The van der Waals surface area contributed by atoms with Crippen LogP contribution in [0, 0.1) is 11.3 Å². The predicted octanol–water partition coefficient (Wildman–Crippen LogP) is 0.112. The fourth-order valence-electron chi connectivity index (χ4n) is 1.57. The normalized spacial score (nSPS) is 14.2. The molecule has 0 rings (SSSR count). The largest absolute Gasteiger partial charge is 0.308 e. The van der Waals surface area contributed by atoms with Crippen molar-refractivity contribution < 1.29 is 8.42 Å². The number of sulfonamides is 1. The van der Waals surface area contributed by atoms with Gasteiger partial charge >= 0.3 is 0 Å². The third-order valence-electron chi connectivity index (χ3n) is 2.04. The SMILES string of the molecule is CCN(C(C)CN(C)C)S(=O)(=O)CC#N. The third-order valence-corrected chi connectivity index (χ3v) is 3.86. The van der Waals surface area contributed by atoms with Gasteiger partial charge in [0.15, 0.2) is 5.75 Å². The first-order valence-corrected chi connectivity index (χ1v) is 6.47. The molecule has 0 bridgehead atoms. The van der Waals surface area contributed by atoms with E-state index in [9.17, 15) is 8.42 Å². The van der Waals surface area contributed by atoms with Crippen molar-refractivity contribution in [3.8, 4) is 6.07 Å². The molecule has 1 unspecified atom stereocenters. The summed E-state index contributed by atoms with van der Waals surface area (Å²) in [6.07, 6.45) is 0. The molecule has 0 amide bonds. The van der Waals surface area contributed by atoms with Crippen molar-refractivity contribution in [2.24, 2.45) is 0 Å². The predicted molar refractivity (Wildman–Crippen MR) is 59.8 cm³/mol. The van der Waals surface area contributed by atoms with Crippen LogP contribution >= 0.6 is 0 Å². The van der Waals surface area contributed by atoms with E-state index in [1.807, 2.05) is 25.9 Å². The van der Waals surface area contributed by atoms with Crippen LogP contribution in [0.3, 0.4) is 0 Å². The Morgan fingerprint density at radius 3 is 2.27 bits per heavy atom. The van der Waals surface area contributed by atoms with Gasteiger partial charge in [-0.3, -0.25) is 0 Å². The summed E-state index contributed by atoms with van der Waals surface area (Å²) >= 11 is 0. The monoisotopic (exact) mass is 233 g/mol. The topological polar surface area (TPSA) is 64.4 Å². The summed E-state index contributed by atoms with van der Waals surface area (Å²) in [6.45, 7) is 4.68. The fraction of sp³-hybridized carbons (Fsp3) is 0.889. The second kappa shape index (κ2) is 6.05. The molecule has 0 aliphatic heterocycles. The van der Waals surface area contributed by atoms with Gasteiger partial charge in [0, 0.05) is 19.1 Å². The summed E-state index contributed by atoms with van der Waals surface area (Å²) in [4.78, 5) is 1.93. The molecule has 0 saturated heterocycles. The molecule has 0 spiro atoms. The van der Waals surface area contributed by atoms with Gasteiger partial charge < -0.3 is 4.90 Å². The highest BCUT2D eigenvalue weighted by Gasteiger charge is 2.25. The number of hydrogen-bond acceptors (Lipinski definition) is 4. The van der Waals surface area contributed by atoms with E-state index in [4.69, 9.17) is 5.26 Å². The molecule has 0 aliphatic carbocycles. The van der Waals surface area contributed by atoms with Gasteiger partial charge in [-0.15, -0.1) is 0 Å². The molecular weight excluding hydrogens is 214 g/mol. The zero-order valence-corrected chi connectivity index (χ0v) is 10.6. The molecule has 1 atom stereocenters. The van der Waals surface area contributed by atoms with E-state index in [-0.39, 0.29) is 6.04 Å². The molecule has 0 fully saturated rings. The van der Waals surface area contributed by atoms with Crippen molar-refractivity contribution in [1.29, 1.82) is 5.26 Å². The summed E-state index contributed by atoms with van der Waals surface area (Å²) in [7, 11) is 0.358. The highest BCUT2D eigenvalue weighted by atomic mass is 32.2. The molecule has 0 aliphatic rings. The summed E-state index contributed by atoms with van der Waals surface area (Å²) in [6, 6.07) is 1.58. The van der Waals surface area contributed by atoms with Crippen molar-refractivity contribution in [3.05, 3.63) is 0 Å².